The Hall–Kier alpha value is -2.64. The lowest BCUT2D eigenvalue weighted by Crippen LogP contribution is -2.36. The molecule has 30 heavy (non-hydrogen) atoms. The Bertz CT molecular complexity index is 1120. The topological polar surface area (TPSA) is 64.0 Å². The first-order valence-corrected chi connectivity index (χ1v) is 11.7. The molecule has 1 aliphatic rings. The van der Waals surface area contributed by atoms with E-state index in [1.54, 1.807) is 23.7 Å². The number of methoxy groups -OCH3 is 1. The number of sulfonamides is 1. The second-order valence-corrected chi connectivity index (χ2v) is 9.72. The summed E-state index contributed by atoms with van der Waals surface area (Å²) in [5.41, 5.74) is 1.17. The molecule has 4 rings (SSSR count). The van der Waals surface area contributed by atoms with E-state index in [2.05, 4.69) is 34.1 Å². The molecule has 2 heterocycles. The van der Waals surface area contributed by atoms with Crippen LogP contribution < -0.4 is 14.6 Å². The highest BCUT2D eigenvalue weighted by Gasteiger charge is 2.27. The molecule has 158 valence electrons. The van der Waals surface area contributed by atoms with Crippen molar-refractivity contribution < 1.29 is 18.1 Å². The SMILES string of the molecule is COc1ccc2cc(CN(C)c3ccc(S(=O)(=O)N4CCCCC4)c[nH+]3)ccc2c1. The molecule has 2 aromatic carbocycles. The summed E-state index contributed by atoms with van der Waals surface area (Å²) in [7, 11) is 0.239. The highest BCUT2D eigenvalue weighted by molar-refractivity contribution is 7.89. The van der Waals surface area contributed by atoms with Gasteiger partial charge in [-0.05, 0) is 53.4 Å². The van der Waals surface area contributed by atoms with Crippen LogP contribution in [0.25, 0.3) is 10.8 Å². The van der Waals surface area contributed by atoms with Gasteiger partial charge in [-0.15, -0.1) is 0 Å². The smallest absolute Gasteiger partial charge is 0.274 e. The molecule has 3 aromatic rings. The van der Waals surface area contributed by atoms with Gasteiger partial charge in [0.05, 0.1) is 14.2 Å². The van der Waals surface area contributed by atoms with Crippen LogP contribution in [-0.4, -0.2) is 40.0 Å². The van der Waals surface area contributed by atoms with E-state index in [0.717, 1.165) is 41.6 Å². The first-order valence-electron chi connectivity index (χ1n) is 10.3. The Morgan fingerprint density at radius 3 is 2.43 bits per heavy atom. The molecule has 6 nitrogen and oxygen atoms in total. The van der Waals surface area contributed by atoms with Crippen LogP contribution in [0.1, 0.15) is 24.8 Å². The molecule has 1 aliphatic heterocycles. The number of piperidine rings is 1. The van der Waals surface area contributed by atoms with Gasteiger partial charge in [-0.3, -0.25) is 4.90 Å². The van der Waals surface area contributed by atoms with E-state index in [-0.39, 0.29) is 0 Å². The molecule has 0 unspecified atom stereocenters. The largest absolute Gasteiger partial charge is 0.497 e. The first-order chi connectivity index (χ1) is 14.5. The van der Waals surface area contributed by atoms with Crippen LogP contribution in [0.15, 0.2) is 59.6 Å². The number of ether oxygens (including phenoxy) is 1. The van der Waals surface area contributed by atoms with Gasteiger partial charge in [0.1, 0.15) is 23.4 Å². The van der Waals surface area contributed by atoms with Crippen molar-refractivity contribution in [3.63, 3.8) is 0 Å². The van der Waals surface area contributed by atoms with E-state index in [1.807, 2.05) is 25.2 Å². The Balaban J connectivity index is 1.48. The van der Waals surface area contributed by atoms with E-state index in [9.17, 15) is 8.42 Å². The van der Waals surface area contributed by atoms with Gasteiger partial charge in [0.25, 0.3) is 5.82 Å². The molecule has 0 bridgehead atoms. The molecular formula is C23H28N3O3S+. The first kappa shape index (κ1) is 20.6. The van der Waals surface area contributed by atoms with Crippen molar-refractivity contribution in [3.8, 4) is 5.75 Å². The van der Waals surface area contributed by atoms with Crippen molar-refractivity contribution in [2.45, 2.75) is 30.7 Å². The van der Waals surface area contributed by atoms with Crippen molar-refractivity contribution in [2.24, 2.45) is 0 Å². The molecule has 0 saturated carbocycles. The fourth-order valence-corrected chi connectivity index (χ4v) is 5.40. The fourth-order valence-electron chi connectivity index (χ4n) is 3.91. The predicted octanol–water partition coefficient (Wildman–Crippen LogP) is 3.47. The lowest BCUT2D eigenvalue weighted by atomic mass is 10.1. The molecule has 0 radical (unpaired) electrons. The number of nitrogens with zero attached hydrogens (tertiary/aromatic N) is 2. The summed E-state index contributed by atoms with van der Waals surface area (Å²) < 4.78 is 32.5. The maximum atomic E-state index is 12.8. The molecule has 1 saturated heterocycles. The minimum absolute atomic E-state index is 0.321. The zero-order chi connectivity index (χ0) is 21.1. The van der Waals surface area contributed by atoms with E-state index in [0.29, 0.717) is 24.5 Å². The second-order valence-electron chi connectivity index (χ2n) is 7.78. The van der Waals surface area contributed by atoms with Crippen LogP contribution >= 0.6 is 0 Å². The fraction of sp³-hybridized carbons (Fsp3) is 0.348. The summed E-state index contributed by atoms with van der Waals surface area (Å²) in [4.78, 5) is 5.55. The summed E-state index contributed by atoms with van der Waals surface area (Å²) in [5.74, 6) is 1.71. The molecular weight excluding hydrogens is 398 g/mol. The summed E-state index contributed by atoms with van der Waals surface area (Å²) in [6.07, 6.45) is 4.57. The number of nitrogens with one attached hydrogen (secondary N) is 1. The van der Waals surface area contributed by atoms with Crippen LogP contribution in [0.2, 0.25) is 0 Å². The van der Waals surface area contributed by atoms with Gasteiger partial charge < -0.3 is 4.74 Å². The third-order valence-corrected chi connectivity index (χ3v) is 7.56. The zero-order valence-electron chi connectivity index (χ0n) is 17.5. The summed E-state index contributed by atoms with van der Waals surface area (Å²) >= 11 is 0. The van der Waals surface area contributed by atoms with Gasteiger partial charge in [0.15, 0.2) is 0 Å². The number of benzene rings is 2. The van der Waals surface area contributed by atoms with Crippen LogP contribution in [0.5, 0.6) is 5.75 Å². The zero-order valence-corrected chi connectivity index (χ0v) is 18.3. The number of pyridine rings is 1. The quantitative estimate of drug-likeness (QED) is 0.605. The Labute approximate surface area is 178 Å². The van der Waals surface area contributed by atoms with Crippen LogP contribution in [0, 0.1) is 0 Å². The maximum Gasteiger partial charge on any atom is 0.274 e. The predicted molar refractivity (Wildman–Crippen MR) is 118 cm³/mol. The van der Waals surface area contributed by atoms with Crippen LogP contribution in [0.4, 0.5) is 5.82 Å². The molecule has 1 N–H and O–H groups in total. The number of fused-ring (bicyclic) bond motifs is 1. The average Bonchev–Trinajstić information content (AvgIpc) is 2.79. The van der Waals surface area contributed by atoms with Crippen molar-refractivity contribution in [1.82, 2.24) is 4.31 Å². The Morgan fingerprint density at radius 1 is 1.00 bits per heavy atom. The number of anilines is 1. The van der Waals surface area contributed by atoms with E-state index in [4.69, 9.17) is 4.74 Å². The molecule has 0 spiro atoms. The van der Waals surface area contributed by atoms with Gasteiger partial charge in [0.2, 0.25) is 10.0 Å². The molecule has 0 atom stereocenters. The lowest BCUT2D eigenvalue weighted by Gasteiger charge is -2.25. The third-order valence-electron chi connectivity index (χ3n) is 5.66. The number of hydrogen-bond donors (Lipinski definition) is 0. The maximum absolute atomic E-state index is 12.8. The number of hydrogen-bond acceptors (Lipinski definition) is 4. The summed E-state index contributed by atoms with van der Waals surface area (Å²) in [5, 5.41) is 2.30. The summed E-state index contributed by atoms with van der Waals surface area (Å²) in [6, 6.07) is 15.9. The van der Waals surface area contributed by atoms with E-state index in [1.165, 1.54) is 5.56 Å². The number of aromatic amines is 1. The second kappa shape index (κ2) is 8.62. The van der Waals surface area contributed by atoms with Gasteiger partial charge in [-0.2, -0.15) is 4.31 Å². The van der Waals surface area contributed by atoms with Crippen molar-refractivity contribution in [2.75, 3.05) is 32.1 Å². The molecule has 1 fully saturated rings. The number of rotatable bonds is 6. The monoisotopic (exact) mass is 426 g/mol. The van der Waals surface area contributed by atoms with Gasteiger partial charge in [0, 0.05) is 19.2 Å². The van der Waals surface area contributed by atoms with Crippen molar-refractivity contribution >= 4 is 26.6 Å². The van der Waals surface area contributed by atoms with Crippen molar-refractivity contribution in [3.05, 3.63) is 60.3 Å². The average molecular weight is 427 g/mol. The van der Waals surface area contributed by atoms with E-state index < -0.39 is 10.0 Å². The highest BCUT2D eigenvalue weighted by atomic mass is 32.2. The standard InChI is InChI=1S/C23H27N3O3S/c1-25(17-18-6-7-20-15-21(29-2)9-8-19(20)14-18)23-11-10-22(16-24-23)30(27,28)26-12-4-3-5-13-26/h6-11,14-16H,3-5,12-13,17H2,1-2H3/p+1. The Kier molecular flexibility index (Phi) is 5.92. The van der Waals surface area contributed by atoms with Gasteiger partial charge >= 0.3 is 0 Å². The Morgan fingerprint density at radius 2 is 1.73 bits per heavy atom. The lowest BCUT2D eigenvalue weighted by molar-refractivity contribution is -0.367. The minimum Gasteiger partial charge on any atom is -0.497 e. The molecule has 7 heteroatoms. The molecule has 0 aliphatic carbocycles. The van der Waals surface area contributed by atoms with Gasteiger partial charge in [-0.1, -0.05) is 24.6 Å². The minimum atomic E-state index is -3.42. The normalized spacial score (nSPS) is 15.3. The van der Waals surface area contributed by atoms with Crippen LogP contribution in [-0.2, 0) is 16.6 Å². The third kappa shape index (κ3) is 4.27. The molecule has 1 aromatic heterocycles. The number of aromatic nitrogens is 1. The van der Waals surface area contributed by atoms with Gasteiger partial charge in [-0.25, -0.2) is 13.4 Å². The van der Waals surface area contributed by atoms with Crippen LogP contribution in [0.3, 0.4) is 0 Å². The summed E-state index contributed by atoms with van der Waals surface area (Å²) in [6.45, 7) is 1.92. The van der Waals surface area contributed by atoms with Crippen molar-refractivity contribution in [1.29, 1.82) is 0 Å². The van der Waals surface area contributed by atoms with E-state index >= 15 is 0 Å². The highest BCUT2D eigenvalue weighted by Crippen LogP contribution is 2.24. The number of H-pyrrole nitrogens is 1. The molecule has 0 amide bonds.